The minimum atomic E-state index is -0.353. The molecule has 3 rings (SSSR count). The van der Waals surface area contributed by atoms with E-state index >= 15 is 0 Å². The monoisotopic (exact) mass is 438 g/mol. The third-order valence-electron chi connectivity index (χ3n) is 5.20. The standard InChI is InChI=1S/C20H24Cl2N4O3/c1-13-16(14(2)26(23-13)15-5-6-17(21)18(22)11-15)12-19(27)24-7-4-8-25(10-9-24)20(28)29-3/h5-6,11H,4,7-10,12H2,1-3H3. The summed E-state index contributed by atoms with van der Waals surface area (Å²) in [7, 11) is 1.37. The first-order valence-corrected chi connectivity index (χ1v) is 10.2. The maximum absolute atomic E-state index is 12.9. The molecule has 0 N–H and O–H groups in total. The summed E-state index contributed by atoms with van der Waals surface area (Å²) in [6, 6.07) is 5.32. The Hall–Kier alpha value is -2.25. The van der Waals surface area contributed by atoms with Crippen molar-refractivity contribution in [3.8, 4) is 5.69 Å². The quantitative estimate of drug-likeness (QED) is 0.733. The summed E-state index contributed by atoms with van der Waals surface area (Å²) >= 11 is 12.1. The van der Waals surface area contributed by atoms with Gasteiger partial charge in [-0.3, -0.25) is 4.79 Å². The third kappa shape index (κ3) is 4.67. The van der Waals surface area contributed by atoms with Gasteiger partial charge in [0.2, 0.25) is 5.91 Å². The molecule has 1 fully saturated rings. The van der Waals surface area contributed by atoms with Crippen molar-refractivity contribution in [1.29, 1.82) is 0 Å². The highest BCUT2D eigenvalue weighted by Gasteiger charge is 2.24. The van der Waals surface area contributed by atoms with Crippen molar-refractivity contribution < 1.29 is 14.3 Å². The molecule has 0 bridgehead atoms. The molecular weight excluding hydrogens is 415 g/mol. The first-order chi connectivity index (χ1) is 13.8. The molecule has 0 atom stereocenters. The first-order valence-electron chi connectivity index (χ1n) is 9.43. The minimum Gasteiger partial charge on any atom is -0.453 e. The first kappa shape index (κ1) is 21.5. The van der Waals surface area contributed by atoms with Gasteiger partial charge in [0, 0.05) is 37.4 Å². The number of halogens is 2. The van der Waals surface area contributed by atoms with E-state index in [1.165, 1.54) is 7.11 Å². The Balaban J connectivity index is 1.75. The van der Waals surface area contributed by atoms with Gasteiger partial charge in [-0.05, 0) is 38.5 Å². The number of amides is 2. The van der Waals surface area contributed by atoms with Crippen LogP contribution in [0.5, 0.6) is 0 Å². The second kappa shape index (κ2) is 9.05. The van der Waals surface area contributed by atoms with Crippen LogP contribution < -0.4 is 0 Å². The van der Waals surface area contributed by atoms with E-state index in [-0.39, 0.29) is 18.4 Å². The Morgan fingerprint density at radius 2 is 1.76 bits per heavy atom. The number of carbonyl (C=O) groups excluding carboxylic acids is 2. The van der Waals surface area contributed by atoms with Crippen LogP contribution in [0.1, 0.15) is 23.4 Å². The van der Waals surface area contributed by atoms with Crippen LogP contribution in [-0.2, 0) is 16.0 Å². The van der Waals surface area contributed by atoms with E-state index in [2.05, 4.69) is 5.10 Å². The number of nitrogens with zero attached hydrogens (tertiary/aromatic N) is 4. The molecule has 0 radical (unpaired) electrons. The Labute approximate surface area is 180 Å². The van der Waals surface area contributed by atoms with Gasteiger partial charge in [0.05, 0.1) is 35.0 Å². The number of ether oxygens (including phenoxy) is 1. The van der Waals surface area contributed by atoms with Crippen molar-refractivity contribution in [3.63, 3.8) is 0 Å². The van der Waals surface area contributed by atoms with Crippen molar-refractivity contribution in [2.45, 2.75) is 26.7 Å². The minimum absolute atomic E-state index is 0.0246. The highest BCUT2D eigenvalue weighted by molar-refractivity contribution is 6.42. The van der Waals surface area contributed by atoms with Crippen LogP contribution in [0.15, 0.2) is 18.2 Å². The SMILES string of the molecule is COC(=O)N1CCCN(C(=O)Cc2c(C)nn(-c3ccc(Cl)c(Cl)c3)c2C)CC1. The third-order valence-corrected chi connectivity index (χ3v) is 5.94. The Bertz CT molecular complexity index is 929. The normalized spacial score (nSPS) is 14.7. The molecule has 0 saturated carbocycles. The van der Waals surface area contributed by atoms with Crippen molar-refractivity contribution >= 4 is 35.2 Å². The van der Waals surface area contributed by atoms with Crippen LogP contribution in [0, 0.1) is 13.8 Å². The number of carbonyl (C=O) groups is 2. The van der Waals surface area contributed by atoms with E-state index < -0.39 is 0 Å². The van der Waals surface area contributed by atoms with E-state index in [9.17, 15) is 9.59 Å². The molecule has 0 aliphatic carbocycles. The van der Waals surface area contributed by atoms with E-state index in [4.69, 9.17) is 27.9 Å². The largest absolute Gasteiger partial charge is 0.453 e. The summed E-state index contributed by atoms with van der Waals surface area (Å²) in [5.74, 6) is 0.0246. The molecule has 0 spiro atoms. The molecule has 2 amide bonds. The second-order valence-corrected chi connectivity index (χ2v) is 7.84. The lowest BCUT2D eigenvalue weighted by atomic mass is 10.1. The maximum Gasteiger partial charge on any atom is 0.409 e. The molecule has 1 aromatic heterocycles. The highest BCUT2D eigenvalue weighted by atomic mass is 35.5. The lowest BCUT2D eigenvalue weighted by molar-refractivity contribution is -0.130. The molecule has 1 aliphatic rings. The Kier molecular flexibility index (Phi) is 6.70. The molecule has 1 saturated heterocycles. The predicted octanol–water partition coefficient (Wildman–Crippen LogP) is 3.64. The van der Waals surface area contributed by atoms with Crippen molar-refractivity contribution in [2.75, 3.05) is 33.3 Å². The zero-order valence-corrected chi connectivity index (χ0v) is 18.3. The van der Waals surface area contributed by atoms with Crippen LogP contribution in [-0.4, -0.2) is 64.9 Å². The van der Waals surface area contributed by atoms with Gasteiger partial charge in [0.15, 0.2) is 0 Å². The average molecular weight is 439 g/mol. The average Bonchev–Trinajstić information content (AvgIpc) is 2.89. The molecule has 2 aromatic rings. The van der Waals surface area contributed by atoms with Crippen molar-refractivity contribution in [2.24, 2.45) is 0 Å². The van der Waals surface area contributed by atoms with E-state index in [0.717, 1.165) is 29.1 Å². The lowest BCUT2D eigenvalue weighted by Crippen LogP contribution is -2.38. The van der Waals surface area contributed by atoms with Crippen LogP contribution in [0.25, 0.3) is 5.69 Å². The fraction of sp³-hybridized carbons (Fsp3) is 0.450. The van der Waals surface area contributed by atoms with Gasteiger partial charge < -0.3 is 14.5 Å². The number of aromatic nitrogens is 2. The number of hydrogen-bond donors (Lipinski definition) is 0. The van der Waals surface area contributed by atoms with Gasteiger partial charge in [-0.15, -0.1) is 0 Å². The second-order valence-electron chi connectivity index (χ2n) is 7.03. The fourth-order valence-corrected chi connectivity index (χ4v) is 3.83. The summed E-state index contributed by atoms with van der Waals surface area (Å²) in [5.41, 5.74) is 3.38. The number of hydrogen-bond acceptors (Lipinski definition) is 4. The molecule has 2 heterocycles. The Morgan fingerprint density at radius 3 is 2.45 bits per heavy atom. The van der Waals surface area contributed by atoms with E-state index in [0.29, 0.717) is 36.2 Å². The summed E-state index contributed by atoms with van der Waals surface area (Å²) in [6.07, 6.45) is 0.632. The molecular formula is C20H24Cl2N4O3. The van der Waals surface area contributed by atoms with Crippen LogP contribution >= 0.6 is 23.2 Å². The zero-order chi connectivity index (χ0) is 21.1. The van der Waals surface area contributed by atoms with Crippen LogP contribution in [0.3, 0.4) is 0 Å². The predicted molar refractivity (Wildman–Crippen MR) is 112 cm³/mol. The van der Waals surface area contributed by atoms with E-state index in [1.54, 1.807) is 26.6 Å². The molecule has 9 heteroatoms. The number of aryl methyl sites for hydroxylation is 1. The number of methoxy groups -OCH3 is 1. The highest BCUT2D eigenvalue weighted by Crippen LogP contribution is 2.26. The van der Waals surface area contributed by atoms with Gasteiger partial charge in [-0.25, -0.2) is 9.48 Å². The van der Waals surface area contributed by atoms with Crippen molar-refractivity contribution in [1.82, 2.24) is 19.6 Å². The van der Waals surface area contributed by atoms with Gasteiger partial charge in [-0.1, -0.05) is 23.2 Å². The Morgan fingerprint density at radius 1 is 1.07 bits per heavy atom. The van der Waals surface area contributed by atoms with Crippen molar-refractivity contribution in [3.05, 3.63) is 45.2 Å². The number of benzene rings is 1. The maximum atomic E-state index is 12.9. The van der Waals surface area contributed by atoms with Gasteiger partial charge in [0.1, 0.15) is 0 Å². The summed E-state index contributed by atoms with van der Waals surface area (Å²) in [6.45, 7) is 6.00. The lowest BCUT2D eigenvalue weighted by Gasteiger charge is -2.21. The van der Waals surface area contributed by atoms with Gasteiger partial charge in [-0.2, -0.15) is 5.10 Å². The smallest absolute Gasteiger partial charge is 0.409 e. The molecule has 156 valence electrons. The van der Waals surface area contributed by atoms with Crippen LogP contribution in [0.2, 0.25) is 10.0 Å². The molecule has 29 heavy (non-hydrogen) atoms. The summed E-state index contributed by atoms with van der Waals surface area (Å²) < 4.78 is 6.56. The van der Waals surface area contributed by atoms with Crippen LogP contribution in [0.4, 0.5) is 4.79 Å². The molecule has 1 aliphatic heterocycles. The number of rotatable bonds is 3. The fourth-order valence-electron chi connectivity index (χ4n) is 3.54. The van der Waals surface area contributed by atoms with Gasteiger partial charge >= 0.3 is 6.09 Å². The molecule has 0 unspecified atom stereocenters. The molecule has 1 aromatic carbocycles. The topological polar surface area (TPSA) is 67.7 Å². The van der Waals surface area contributed by atoms with E-state index in [1.807, 2.05) is 19.9 Å². The molecule has 7 nitrogen and oxygen atoms in total. The zero-order valence-electron chi connectivity index (χ0n) is 16.7. The summed E-state index contributed by atoms with van der Waals surface area (Å²) in [4.78, 5) is 28.1. The van der Waals surface area contributed by atoms with Gasteiger partial charge in [0.25, 0.3) is 0 Å². The summed E-state index contributed by atoms with van der Waals surface area (Å²) in [5, 5.41) is 5.52.